The lowest BCUT2D eigenvalue weighted by Gasteiger charge is -2.26. The Hall–Kier alpha value is -1.20. The number of hydrogen-bond donors (Lipinski definition) is 1. The van der Waals surface area contributed by atoms with E-state index in [0.29, 0.717) is 17.9 Å². The maximum absolute atomic E-state index is 13.3. The molecule has 1 heterocycles. The fraction of sp³-hybridized carbons (Fsp3) is 0.562. The first-order valence-electron chi connectivity index (χ1n) is 7.40. The molecule has 0 bridgehead atoms. The van der Waals surface area contributed by atoms with Crippen LogP contribution >= 0.6 is 12.4 Å². The van der Waals surface area contributed by atoms with Crippen LogP contribution in [0, 0.1) is 17.6 Å². The number of amides is 1. The molecule has 1 N–H and O–H groups in total. The summed E-state index contributed by atoms with van der Waals surface area (Å²) in [7, 11) is 1.71. The van der Waals surface area contributed by atoms with Gasteiger partial charge in [0.15, 0.2) is 11.6 Å². The summed E-state index contributed by atoms with van der Waals surface area (Å²) in [6.07, 6.45) is 2.49. The summed E-state index contributed by atoms with van der Waals surface area (Å²) in [5.41, 5.74) is 0.604. The van der Waals surface area contributed by atoms with Crippen molar-refractivity contribution in [2.75, 3.05) is 20.1 Å². The Bertz CT molecular complexity index is 507. The molecule has 1 saturated heterocycles. The number of carbonyl (C=O) groups is 1. The summed E-state index contributed by atoms with van der Waals surface area (Å²) in [6, 6.07) is 3.51. The zero-order valence-electron chi connectivity index (χ0n) is 12.9. The average Bonchev–Trinajstić information content (AvgIpc) is 2.99. The first-order chi connectivity index (χ1) is 9.99. The number of rotatable bonds is 5. The van der Waals surface area contributed by atoms with Gasteiger partial charge in [-0.15, -0.1) is 12.4 Å². The topological polar surface area (TPSA) is 32.3 Å². The lowest BCUT2D eigenvalue weighted by molar-refractivity contribution is -0.132. The van der Waals surface area contributed by atoms with E-state index >= 15 is 0 Å². The van der Waals surface area contributed by atoms with E-state index in [4.69, 9.17) is 0 Å². The van der Waals surface area contributed by atoms with E-state index in [-0.39, 0.29) is 24.4 Å². The Labute approximate surface area is 136 Å². The van der Waals surface area contributed by atoms with E-state index in [1.54, 1.807) is 11.9 Å². The highest BCUT2D eigenvalue weighted by Crippen LogP contribution is 2.23. The maximum atomic E-state index is 13.3. The van der Waals surface area contributed by atoms with Gasteiger partial charge in [0, 0.05) is 13.5 Å². The molecule has 1 aliphatic heterocycles. The third-order valence-corrected chi connectivity index (χ3v) is 4.33. The minimum atomic E-state index is -0.878. The smallest absolute Gasteiger partial charge is 0.222 e. The highest BCUT2D eigenvalue weighted by Gasteiger charge is 2.21. The van der Waals surface area contributed by atoms with Gasteiger partial charge < -0.3 is 10.2 Å². The van der Waals surface area contributed by atoms with Crippen molar-refractivity contribution in [2.24, 2.45) is 5.92 Å². The average molecular weight is 333 g/mol. The van der Waals surface area contributed by atoms with Crippen LogP contribution in [0.3, 0.4) is 0 Å². The van der Waals surface area contributed by atoms with Crippen molar-refractivity contribution in [3.63, 3.8) is 0 Å². The van der Waals surface area contributed by atoms with Crippen LogP contribution in [0.4, 0.5) is 8.78 Å². The number of nitrogens with zero attached hydrogens (tertiary/aromatic N) is 1. The van der Waals surface area contributed by atoms with Crippen LogP contribution in [-0.4, -0.2) is 30.9 Å². The third-order valence-electron chi connectivity index (χ3n) is 4.33. The van der Waals surface area contributed by atoms with Crippen molar-refractivity contribution in [1.29, 1.82) is 0 Å². The zero-order chi connectivity index (χ0) is 15.4. The minimum Gasteiger partial charge on any atom is -0.339 e. The van der Waals surface area contributed by atoms with Crippen molar-refractivity contribution in [3.8, 4) is 0 Å². The van der Waals surface area contributed by atoms with E-state index in [9.17, 15) is 13.6 Å². The number of carbonyl (C=O) groups excluding carboxylic acids is 1. The maximum Gasteiger partial charge on any atom is 0.222 e. The van der Waals surface area contributed by atoms with E-state index in [1.165, 1.54) is 6.07 Å². The van der Waals surface area contributed by atoms with Gasteiger partial charge in [0.2, 0.25) is 5.91 Å². The van der Waals surface area contributed by atoms with E-state index in [2.05, 4.69) is 5.32 Å². The van der Waals surface area contributed by atoms with E-state index in [1.807, 2.05) is 6.92 Å². The molecule has 0 saturated carbocycles. The second-order valence-corrected chi connectivity index (χ2v) is 5.75. The molecule has 3 nitrogen and oxygen atoms in total. The molecule has 1 aromatic rings. The molecule has 1 aliphatic rings. The third kappa shape index (κ3) is 4.65. The number of benzene rings is 1. The van der Waals surface area contributed by atoms with Gasteiger partial charge in [-0.25, -0.2) is 8.78 Å². The zero-order valence-corrected chi connectivity index (χ0v) is 13.8. The standard InChI is InChI=1S/C16H22F2N2O.ClH/c1-11(13-4-5-14(17)15(18)9-13)20(2)16(21)6-3-12-7-8-19-10-12;/h4-5,9,11-12,19H,3,6-8,10H2,1-2H3;1H. The summed E-state index contributed by atoms with van der Waals surface area (Å²) < 4.78 is 26.2. The van der Waals surface area contributed by atoms with E-state index < -0.39 is 11.6 Å². The van der Waals surface area contributed by atoms with Gasteiger partial charge in [-0.2, -0.15) is 0 Å². The van der Waals surface area contributed by atoms with Crippen molar-refractivity contribution >= 4 is 18.3 Å². The van der Waals surface area contributed by atoms with Crippen molar-refractivity contribution < 1.29 is 13.6 Å². The highest BCUT2D eigenvalue weighted by molar-refractivity contribution is 5.85. The molecular weight excluding hydrogens is 310 g/mol. The molecule has 1 fully saturated rings. The van der Waals surface area contributed by atoms with Crippen LogP contribution in [-0.2, 0) is 4.79 Å². The predicted octanol–water partition coefficient (Wildman–Crippen LogP) is 3.30. The summed E-state index contributed by atoms with van der Waals surface area (Å²) in [5, 5.41) is 3.28. The molecule has 2 rings (SSSR count). The van der Waals surface area contributed by atoms with Crippen LogP contribution in [0.15, 0.2) is 18.2 Å². The van der Waals surface area contributed by atoms with Gasteiger partial charge in [0.05, 0.1) is 6.04 Å². The first kappa shape index (κ1) is 18.8. The monoisotopic (exact) mass is 332 g/mol. The Morgan fingerprint density at radius 3 is 2.73 bits per heavy atom. The van der Waals surface area contributed by atoms with Crippen LogP contribution in [0.5, 0.6) is 0 Å². The molecule has 1 aromatic carbocycles. The van der Waals surface area contributed by atoms with Gasteiger partial charge in [0.1, 0.15) is 0 Å². The minimum absolute atomic E-state index is 0. The number of nitrogens with one attached hydrogen (secondary N) is 1. The largest absolute Gasteiger partial charge is 0.339 e. The highest BCUT2D eigenvalue weighted by atomic mass is 35.5. The number of hydrogen-bond acceptors (Lipinski definition) is 2. The van der Waals surface area contributed by atoms with Crippen molar-refractivity contribution in [3.05, 3.63) is 35.4 Å². The molecule has 124 valence electrons. The molecule has 0 aliphatic carbocycles. The Balaban J connectivity index is 0.00000242. The van der Waals surface area contributed by atoms with Crippen molar-refractivity contribution in [2.45, 2.75) is 32.2 Å². The van der Waals surface area contributed by atoms with Crippen molar-refractivity contribution in [1.82, 2.24) is 10.2 Å². The SMILES string of the molecule is CC(c1ccc(F)c(F)c1)N(C)C(=O)CCC1CCNC1.Cl. The fourth-order valence-electron chi connectivity index (χ4n) is 2.68. The van der Waals surface area contributed by atoms with Gasteiger partial charge in [-0.3, -0.25) is 4.79 Å². The molecule has 2 unspecified atom stereocenters. The molecular formula is C16H23ClF2N2O. The van der Waals surface area contributed by atoms with Gasteiger partial charge >= 0.3 is 0 Å². The second kappa shape index (κ2) is 8.44. The van der Waals surface area contributed by atoms with Gasteiger partial charge in [-0.05, 0) is 56.5 Å². The second-order valence-electron chi connectivity index (χ2n) is 5.75. The van der Waals surface area contributed by atoms with Gasteiger partial charge in [-0.1, -0.05) is 6.07 Å². The Morgan fingerprint density at radius 1 is 1.41 bits per heavy atom. The molecule has 22 heavy (non-hydrogen) atoms. The molecule has 2 atom stereocenters. The predicted molar refractivity (Wildman–Crippen MR) is 85.0 cm³/mol. The van der Waals surface area contributed by atoms with Crippen LogP contribution < -0.4 is 5.32 Å². The Kier molecular flexibility index (Phi) is 7.23. The molecule has 0 spiro atoms. The van der Waals surface area contributed by atoms with Crippen LogP contribution in [0.2, 0.25) is 0 Å². The summed E-state index contributed by atoms with van der Waals surface area (Å²) in [6.45, 7) is 3.83. The normalized spacial score (nSPS) is 18.6. The summed E-state index contributed by atoms with van der Waals surface area (Å²) in [5.74, 6) is -1.13. The molecule has 6 heteroatoms. The quantitative estimate of drug-likeness (QED) is 0.897. The molecule has 1 amide bonds. The summed E-state index contributed by atoms with van der Waals surface area (Å²) >= 11 is 0. The number of halogens is 3. The first-order valence-corrected chi connectivity index (χ1v) is 7.40. The van der Waals surface area contributed by atoms with Gasteiger partial charge in [0.25, 0.3) is 0 Å². The molecule has 0 radical (unpaired) electrons. The van der Waals surface area contributed by atoms with Crippen LogP contribution in [0.1, 0.15) is 37.8 Å². The fourth-order valence-corrected chi connectivity index (χ4v) is 2.68. The molecule has 0 aromatic heterocycles. The Morgan fingerprint density at radius 2 is 2.14 bits per heavy atom. The van der Waals surface area contributed by atoms with Crippen LogP contribution in [0.25, 0.3) is 0 Å². The lowest BCUT2D eigenvalue weighted by atomic mass is 10.0. The van der Waals surface area contributed by atoms with E-state index in [0.717, 1.165) is 38.1 Å². The summed E-state index contributed by atoms with van der Waals surface area (Å²) in [4.78, 5) is 13.8. The lowest BCUT2D eigenvalue weighted by Crippen LogP contribution is -2.30.